The Morgan fingerprint density at radius 3 is 1.78 bits per heavy atom. The summed E-state index contributed by atoms with van der Waals surface area (Å²) in [7, 11) is 0. The van der Waals surface area contributed by atoms with Gasteiger partial charge in [0.2, 0.25) is 17.7 Å². The summed E-state index contributed by atoms with van der Waals surface area (Å²) in [5.74, 6) is -3.62. The smallest absolute Gasteiger partial charge is 0.325 e. The van der Waals surface area contributed by atoms with Gasteiger partial charge in [-0.05, 0) is 26.2 Å². The van der Waals surface area contributed by atoms with E-state index in [4.69, 9.17) is 10.8 Å². The number of nitrogens with one attached hydrogen (secondary N) is 3. The predicted octanol–water partition coefficient (Wildman–Crippen LogP) is -2.71. The van der Waals surface area contributed by atoms with E-state index < -0.39 is 60.6 Å². The lowest BCUT2D eigenvalue weighted by Gasteiger charge is -2.25. The number of hydrogen-bond acceptors (Lipinski definition) is 7. The quantitative estimate of drug-likeness (QED) is 0.198. The van der Waals surface area contributed by atoms with Crippen LogP contribution in [0.2, 0.25) is 0 Å². The maximum atomic E-state index is 12.3. The third kappa shape index (κ3) is 8.80. The number of aliphatic hydroxyl groups is 2. The number of aliphatic hydroxyl groups excluding tert-OH is 2. The molecule has 11 heteroatoms. The van der Waals surface area contributed by atoms with Gasteiger partial charge in [0, 0.05) is 0 Å². The zero-order valence-corrected chi connectivity index (χ0v) is 15.9. The van der Waals surface area contributed by atoms with E-state index in [1.165, 1.54) is 13.8 Å². The minimum Gasteiger partial charge on any atom is -0.480 e. The van der Waals surface area contributed by atoms with Gasteiger partial charge in [-0.25, -0.2) is 0 Å². The van der Waals surface area contributed by atoms with Gasteiger partial charge in [0.05, 0.1) is 12.7 Å². The summed E-state index contributed by atoms with van der Waals surface area (Å²) in [6.45, 7) is 5.43. The first-order valence-corrected chi connectivity index (χ1v) is 8.59. The molecule has 156 valence electrons. The molecule has 0 aliphatic rings. The second-order valence-corrected chi connectivity index (χ2v) is 6.77. The molecule has 0 spiro atoms. The number of carbonyl (C=O) groups excluding carboxylic acids is 3. The van der Waals surface area contributed by atoms with Crippen molar-refractivity contribution in [1.29, 1.82) is 0 Å². The fraction of sp³-hybridized carbons (Fsp3) is 0.750. The van der Waals surface area contributed by atoms with E-state index in [9.17, 15) is 29.4 Å². The summed E-state index contributed by atoms with van der Waals surface area (Å²) in [4.78, 5) is 47.3. The number of amides is 3. The molecule has 5 atom stereocenters. The van der Waals surface area contributed by atoms with Crippen molar-refractivity contribution in [1.82, 2.24) is 16.0 Å². The highest BCUT2D eigenvalue weighted by Crippen LogP contribution is 2.06. The molecule has 27 heavy (non-hydrogen) atoms. The Bertz CT molecular complexity index is 539. The highest BCUT2D eigenvalue weighted by atomic mass is 16.4. The third-order valence-corrected chi connectivity index (χ3v) is 3.71. The van der Waals surface area contributed by atoms with Crippen LogP contribution in [-0.2, 0) is 19.2 Å². The van der Waals surface area contributed by atoms with Gasteiger partial charge >= 0.3 is 5.97 Å². The van der Waals surface area contributed by atoms with Crippen LogP contribution in [0.15, 0.2) is 0 Å². The fourth-order valence-corrected chi connectivity index (χ4v) is 2.03. The fourth-order valence-electron chi connectivity index (χ4n) is 2.03. The normalized spacial score (nSPS) is 16.6. The van der Waals surface area contributed by atoms with Gasteiger partial charge in [0.15, 0.2) is 0 Å². The number of carboxylic acid groups (broad SMARTS) is 1. The molecule has 0 rings (SSSR count). The summed E-state index contributed by atoms with van der Waals surface area (Å²) >= 11 is 0. The van der Waals surface area contributed by atoms with E-state index >= 15 is 0 Å². The van der Waals surface area contributed by atoms with E-state index in [-0.39, 0.29) is 12.3 Å². The van der Waals surface area contributed by atoms with Crippen LogP contribution in [0, 0.1) is 5.92 Å². The van der Waals surface area contributed by atoms with Crippen LogP contribution in [0.4, 0.5) is 0 Å². The largest absolute Gasteiger partial charge is 0.480 e. The summed E-state index contributed by atoms with van der Waals surface area (Å²) in [6, 6.07) is -4.89. The van der Waals surface area contributed by atoms with E-state index in [1.807, 2.05) is 0 Å². The van der Waals surface area contributed by atoms with Crippen molar-refractivity contribution in [2.45, 2.75) is 64.4 Å². The molecule has 0 fully saturated rings. The summed E-state index contributed by atoms with van der Waals surface area (Å²) in [5, 5.41) is 34.4. The molecule has 0 heterocycles. The topological polar surface area (TPSA) is 191 Å². The molecule has 0 aliphatic carbocycles. The molecule has 0 saturated heterocycles. The number of carboxylic acids is 1. The van der Waals surface area contributed by atoms with Crippen molar-refractivity contribution >= 4 is 23.7 Å². The highest BCUT2D eigenvalue weighted by molar-refractivity contribution is 5.94. The lowest BCUT2D eigenvalue weighted by atomic mass is 10.0. The Hall–Kier alpha value is -2.24. The van der Waals surface area contributed by atoms with Crippen LogP contribution in [0.25, 0.3) is 0 Å². The van der Waals surface area contributed by atoms with Crippen LogP contribution in [0.3, 0.4) is 0 Å². The first kappa shape index (κ1) is 24.8. The Balaban J connectivity index is 5.10. The third-order valence-electron chi connectivity index (χ3n) is 3.71. The Morgan fingerprint density at radius 1 is 0.889 bits per heavy atom. The minimum atomic E-state index is -1.39. The van der Waals surface area contributed by atoms with Crippen LogP contribution >= 0.6 is 0 Å². The van der Waals surface area contributed by atoms with Crippen molar-refractivity contribution in [3.8, 4) is 0 Å². The van der Waals surface area contributed by atoms with E-state index in [2.05, 4.69) is 16.0 Å². The van der Waals surface area contributed by atoms with Gasteiger partial charge in [-0.1, -0.05) is 13.8 Å². The average Bonchev–Trinajstić information content (AvgIpc) is 2.56. The standard InChI is InChI=1S/C16H30N4O7/c1-7(2)5-10(13(23)18-8(3)16(26)27)19-14(24)11(6-21)20-15(25)12(17)9(4)22/h7-12,21-22H,5-6,17H2,1-4H3,(H,18,23)(H,19,24)(H,20,25)(H,26,27). The van der Waals surface area contributed by atoms with Crippen LogP contribution in [0.1, 0.15) is 34.1 Å². The minimum absolute atomic E-state index is 0.00740. The lowest BCUT2D eigenvalue weighted by molar-refractivity contribution is -0.142. The number of carbonyl (C=O) groups is 4. The molecule has 0 aromatic rings. The molecule has 0 aromatic carbocycles. The Labute approximate surface area is 157 Å². The van der Waals surface area contributed by atoms with Crippen LogP contribution in [0.5, 0.6) is 0 Å². The van der Waals surface area contributed by atoms with Gasteiger partial charge in [-0.3, -0.25) is 19.2 Å². The first-order chi connectivity index (χ1) is 12.4. The second-order valence-electron chi connectivity index (χ2n) is 6.77. The van der Waals surface area contributed by atoms with Crippen molar-refractivity contribution in [2.75, 3.05) is 6.61 Å². The second kappa shape index (κ2) is 11.5. The van der Waals surface area contributed by atoms with Crippen molar-refractivity contribution in [3.63, 3.8) is 0 Å². The molecule has 0 bridgehead atoms. The summed E-state index contributed by atoms with van der Waals surface area (Å²) < 4.78 is 0. The van der Waals surface area contributed by atoms with Gasteiger partial charge in [0.25, 0.3) is 0 Å². The van der Waals surface area contributed by atoms with E-state index in [1.54, 1.807) is 13.8 Å². The summed E-state index contributed by atoms with van der Waals surface area (Å²) in [6.07, 6.45) is -0.951. The SMILES string of the molecule is CC(C)CC(NC(=O)C(CO)NC(=O)C(N)C(C)O)C(=O)NC(C)C(=O)O. The van der Waals surface area contributed by atoms with E-state index in [0.29, 0.717) is 0 Å². The molecular weight excluding hydrogens is 360 g/mol. The molecule has 3 amide bonds. The van der Waals surface area contributed by atoms with Gasteiger partial charge < -0.3 is 37.0 Å². The Kier molecular flexibility index (Phi) is 10.5. The van der Waals surface area contributed by atoms with Gasteiger partial charge in [0.1, 0.15) is 24.2 Å². The number of aliphatic carboxylic acids is 1. The molecule has 8 N–H and O–H groups in total. The molecule has 0 saturated carbocycles. The Morgan fingerprint density at radius 2 is 1.37 bits per heavy atom. The maximum absolute atomic E-state index is 12.3. The van der Waals surface area contributed by atoms with Crippen molar-refractivity contribution < 1.29 is 34.5 Å². The first-order valence-electron chi connectivity index (χ1n) is 8.59. The van der Waals surface area contributed by atoms with Crippen molar-refractivity contribution in [3.05, 3.63) is 0 Å². The van der Waals surface area contributed by atoms with Gasteiger partial charge in [-0.15, -0.1) is 0 Å². The summed E-state index contributed by atoms with van der Waals surface area (Å²) in [5.41, 5.74) is 5.47. The molecule has 0 radical (unpaired) electrons. The molecular formula is C16H30N4O7. The van der Waals surface area contributed by atoms with Crippen LogP contribution < -0.4 is 21.7 Å². The zero-order valence-electron chi connectivity index (χ0n) is 15.9. The predicted molar refractivity (Wildman–Crippen MR) is 95.3 cm³/mol. The molecule has 11 nitrogen and oxygen atoms in total. The highest BCUT2D eigenvalue weighted by Gasteiger charge is 2.30. The number of nitrogens with two attached hydrogens (primary N) is 1. The van der Waals surface area contributed by atoms with Gasteiger partial charge in [-0.2, -0.15) is 0 Å². The molecule has 0 aliphatic heterocycles. The molecule has 5 unspecified atom stereocenters. The lowest BCUT2D eigenvalue weighted by Crippen LogP contribution is -2.59. The monoisotopic (exact) mass is 390 g/mol. The zero-order chi connectivity index (χ0) is 21.3. The van der Waals surface area contributed by atoms with E-state index in [0.717, 1.165) is 0 Å². The maximum Gasteiger partial charge on any atom is 0.325 e. The average molecular weight is 390 g/mol. The number of hydrogen-bond donors (Lipinski definition) is 7. The molecule has 0 aromatic heterocycles. The van der Waals surface area contributed by atoms with Crippen LogP contribution in [-0.4, -0.2) is 75.9 Å². The van der Waals surface area contributed by atoms with Crippen molar-refractivity contribution in [2.24, 2.45) is 11.7 Å². The number of rotatable bonds is 11.